The number of hydrogen-bond donors (Lipinski definition) is 1. The van der Waals surface area contributed by atoms with Crippen molar-refractivity contribution in [2.24, 2.45) is 0 Å². The number of ether oxygens (including phenoxy) is 1. The van der Waals surface area contributed by atoms with Gasteiger partial charge in [-0.3, -0.25) is 9.88 Å². The highest BCUT2D eigenvalue weighted by atomic mass is 16.5. The van der Waals surface area contributed by atoms with Crippen LogP contribution in [-0.2, 0) is 11.3 Å². The molecule has 1 aromatic heterocycles. The van der Waals surface area contributed by atoms with Gasteiger partial charge in [0.15, 0.2) is 0 Å². The Bertz CT molecular complexity index is 291. The van der Waals surface area contributed by atoms with Gasteiger partial charge < -0.3 is 10.5 Å². The van der Waals surface area contributed by atoms with Crippen molar-refractivity contribution < 1.29 is 4.74 Å². The van der Waals surface area contributed by atoms with Gasteiger partial charge in [-0.25, -0.2) is 0 Å². The molecule has 0 aliphatic rings. The van der Waals surface area contributed by atoms with Crippen LogP contribution in [0.15, 0.2) is 18.3 Å². The summed E-state index contributed by atoms with van der Waals surface area (Å²) < 4.78 is 5.28. The predicted molar refractivity (Wildman–Crippen MR) is 61.5 cm³/mol. The van der Waals surface area contributed by atoms with E-state index in [9.17, 15) is 0 Å². The first-order valence-corrected chi connectivity index (χ1v) is 5.19. The largest absolute Gasteiger partial charge is 0.397 e. The Balaban J connectivity index is 2.37. The SMILES string of the molecule is CCOCCN(C)Cc1ncccc1N. The zero-order valence-corrected chi connectivity index (χ0v) is 9.44. The van der Waals surface area contributed by atoms with Crippen LogP contribution >= 0.6 is 0 Å². The summed E-state index contributed by atoms with van der Waals surface area (Å²) in [7, 11) is 2.03. The summed E-state index contributed by atoms with van der Waals surface area (Å²) in [4.78, 5) is 6.39. The number of likely N-dealkylation sites (N-methyl/N-ethyl adjacent to an activating group) is 1. The van der Waals surface area contributed by atoms with Crippen molar-refractivity contribution in [2.45, 2.75) is 13.5 Å². The van der Waals surface area contributed by atoms with Crippen molar-refractivity contribution >= 4 is 5.69 Å². The molecule has 1 aromatic rings. The molecule has 0 radical (unpaired) electrons. The van der Waals surface area contributed by atoms with Crippen molar-refractivity contribution in [3.05, 3.63) is 24.0 Å². The second kappa shape index (κ2) is 6.37. The second-order valence-corrected chi connectivity index (χ2v) is 3.47. The molecule has 15 heavy (non-hydrogen) atoms. The van der Waals surface area contributed by atoms with Gasteiger partial charge in [0.05, 0.1) is 18.0 Å². The molecule has 0 atom stereocenters. The minimum absolute atomic E-state index is 0.750. The molecule has 4 heteroatoms. The van der Waals surface area contributed by atoms with Gasteiger partial charge in [0, 0.05) is 25.9 Å². The third kappa shape index (κ3) is 4.27. The number of pyridine rings is 1. The lowest BCUT2D eigenvalue weighted by Gasteiger charge is -2.16. The molecule has 0 fully saturated rings. The van der Waals surface area contributed by atoms with Crippen LogP contribution in [0.25, 0.3) is 0 Å². The van der Waals surface area contributed by atoms with E-state index in [-0.39, 0.29) is 0 Å². The first-order chi connectivity index (χ1) is 7.24. The highest BCUT2D eigenvalue weighted by Crippen LogP contribution is 2.08. The van der Waals surface area contributed by atoms with Crippen LogP contribution in [0.2, 0.25) is 0 Å². The van der Waals surface area contributed by atoms with Crippen molar-refractivity contribution in [3.8, 4) is 0 Å². The van der Waals surface area contributed by atoms with E-state index in [0.717, 1.165) is 37.7 Å². The molecule has 0 aliphatic carbocycles. The Kier molecular flexibility index (Phi) is 5.07. The molecule has 0 bridgehead atoms. The molecule has 0 aromatic carbocycles. The summed E-state index contributed by atoms with van der Waals surface area (Å²) >= 11 is 0. The van der Waals surface area contributed by atoms with Gasteiger partial charge in [-0.05, 0) is 26.1 Å². The van der Waals surface area contributed by atoms with E-state index in [2.05, 4.69) is 9.88 Å². The summed E-state index contributed by atoms with van der Waals surface area (Å²) in [5.41, 5.74) is 7.48. The van der Waals surface area contributed by atoms with Gasteiger partial charge in [0.25, 0.3) is 0 Å². The Hall–Kier alpha value is -1.13. The minimum Gasteiger partial charge on any atom is -0.397 e. The topological polar surface area (TPSA) is 51.4 Å². The maximum absolute atomic E-state index is 5.80. The third-order valence-electron chi connectivity index (χ3n) is 2.17. The Morgan fingerprint density at radius 1 is 1.53 bits per heavy atom. The molecule has 0 aliphatic heterocycles. The Labute approximate surface area is 91.1 Å². The first-order valence-electron chi connectivity index (χ1n) is 5.19. The summed E-state index contributed by atoms with van der Waals surface area (Å²) in [5.74, 6) is 0. The van der Waals surface area contributed by atoms with Gasteiger partial charge in [-0.2, -0.15) is 0 Å². The molecule has 84 valence electrons. The fraction of sp³-hybridized carbons (Fsp3) is 0.545. The van der Waals surface area contributed by atoms with Gasteiger partial charge in [0.1, 0.15) is 0 Å². The number of nitrogens with zero attached hydrogens (tertiary/aromatic N) is 2. The quantitative estimate of drug-likeness (QED) is 0.714. The fourth-order valence-corrected chi connectivity index (χ4v) is 1.28. The lowest BCUT2D eigenvalue weighted by Crippen LogP contribution is -2.23. The summed E-state index contributed by atoms with van der Waals surface area (Å²) in [6, 6.07) is 3.72. The fourth-order valence-electron chi connectivity index (χ4n) is 1.28. The van der Waals surface area contributed by atoms with Crippen LogP contribution in [0, 0.1) is 0 Å². The highest BCUT2D eigenvalue weighted by molar-refractivity contribution is 5.41. The smallest absolute Gasteiger partial charge is 0.0772 e. The van der Waals surface area contributed by atoms with E-state index in [4.69, 9.17) is 10.5 Å². The van der Waals surface area contributed by atoms with E-state index in [1.54, 1.807) is 6.20 Å². The minimum atomic E-state index is 0.750. The Morgan fingerprint density at radius 2 is 2.33 bits per heavy atom. The average Bonchev–Trinajstić information content (AvgIpc) is 2.22. The summed E-state index contributed by atoms with van der Waals surface area (Å²) in [5, 5.41) is 0. The Morgan fingerprint density at radius 3 is 3.00 bits per heavy atom. The van der Waals surface area contributed by atoms with Gasteiger partial charge in [0.2, 0.25) is 0 Å². The van der Waals surface area contributed by atoms with Crippen molar-refractivity contribution in [2.75, 3.05) is 32.5 Å². The van der Waals surface area contributed by atoms with E-state index in [0.29, 0.717) is 0 Å². The normalized spacial score (nSPS) is 10.9. The van der Waals surface area contributed by atoms with E-state index < -0.39 is 0 Å². The highest BCUT2D eigenvalue weighted by Gasteiger charge is 2.03. The van der Waals surface area contributed by atoms with Crippen LogP contribution in [-0.4, -0.2) is 36.7 Å². The molecular weight excluding hydrogens is 190 g/mol. The van der Waals surface area contributed by atoms with Gasteiger partial charge in [-0.1, -0.05) is 0 Å². The van der Waals surface area contributed by atoms with Crippen LogP contribution in [0.3, 0.4) is 0 Å². The summed E-state index contributed by atoms with van der Waals surface area (Å²) in [6.45, 7) is 5.17. The van der Waals surface area contributed by atoms with E-state index in [1.807, 2.05) is 26.1 Å². The van der Waals surface area contributed by atoms with Gasteiger partial charge in [-0.15, -0.1) is 0 Å². The van der Waals surface area contributed by atoms with E-state index >= 15 is 0 Å². The van der Waals surface area contributed by atoms with E-state index in [1.165, 1.54) is 0 Å². The second-order valence-electron chi connectivity index (χ2n) is 3.47. The molecule has 1 heterocycles. The lowest BCUT2D eigenvalue weighted by atomic mass is 10.3. The zero-order valence-electron chi connectivity index (χ0n) is 9.44. The zero-order chi connectivity index (χ0) is 11.1. The average molecular weight is 209 g/mol. The molecule has 2 N–H and O–H groups in total. The number of hydrogen-bond acceptors (Lipinski definition) is 4. The molecule has 0 saturated heterocycles. The number of nitrogens with two attached hydrogens (primary N) is 1. The molecule has 0 saturated carbocycles. The molecule has 1 rings (SSSR count). The molecular formula is C11H19N3O. The molecule has 0 unspecified atom stereocenters. The number of aromatic nitrogens is 1. The lowest BCUT2D eigenvalue weighted by molar-refractivity contribution is 0.120. The first kappa shape index (κ1) is 11.9. The molecule has 0 amide bonds. The van der Waals surface area contributed by atoms with Crippen LogP contribution < -0.4 is 5.73 Å². The van der Waals surface area contributed by atoms with Crippen LogP contribution in [0.4, 0.5) is 5.69 Å². The monoisotopic (exact) mass is 209 g/mol. The van der Waals surface area contributed by atoms with Crippen LogP contribution in [0.1, 0.15) is 12.6 Å². The van der Waals surface area contributed by atoms with Crippen LogP contribution in [0.5, 0.6) is 0 Å². The van der Waals surface area contributed by atoms with Gasteiger partial charge >= 0.3 is 0 Å². The molecule has 4 nitrogen and oxygen atoms in total. The standard InChI is InChI=1S/C11H19N3O/c1-3-15-8-7-14(2)9-11-10(12)5-4-6-13-11/h4-6H,3,7-9,12H2,1-2H3. The number of nitrogen functional groups attached to an aromatic ring is 1. The number of anilines is 1. The maximum Gasteiger partial charge on any atom is 0.0772 e. The summed E-state index contributed by atoms with van der Waals surface area (Å²) in [6.07, 6.45) is 1.77. The number of rotatable bonds is 6. The predicted octanol–water partition coefficient (Wildman–Crippen LogP) is 1.13. The van der Waals surface area contributed by atoms with Crippen molar-refractivity contribution in [1.82, 2.24) is 9.88 Å². The third-order valence-corrected chi connectivity index (χ3v) is 2.17. The molecule has 0 spiro atoms. The van der Waals surface area contributed by atoms with Crippen molar-refractivity contribution in [1.29, 1.82) is 0 Å². The van der Waals surface area contributed by atoms with Crippen molar-refractivity contribution in [3.63, 3.8) is 0 Å². The maximum atomic E-state index is 5.80.